The van der Waals surface area contributed by atoms with Crippen LogP contribution in [0.4, 0.5) is 0 Å². The maximum atomic E-state index is 12.5. The fourth-order valence-electron chi connectivity index (χ4n) is 2.36. The van der Waals surface area contributed by atoms with Crippen molar-refractivity contribution < 1.29 is 9.53 Å². The number of benzene rings is 1. The minimum atomic E-state index is -1.00. The van der Waals surface area contributed by atoms with Crippen molar-refractivity contribution in [3.63, 3.8) is 0 Å². The molecule has 0 saturated heterocycles. The zero-order chi connectivity index (χ0) is 17.2. The quantitative estimate of drug-likeness (QED) is 0.771. The number of hydrogen-bond acceptors (Lipinski definition) is 3. The number of ether oxygens (including phenoxy) is 1. The van der Waals surface area contributed by atoms with E-state index in [1.165, 1.54) is 0 Å². The highest BCUT2D eigenvalue weighted by atomic mass is 35.5. The van der Waals surface area contributed by atoms with Crippen LogP contribution < -0.4 is 10.1 Å². The zero-order valence-electron chi connectivity index (χ0n) is 13.5. The number of rotatable bonds is 5. The summed E-state index contributed by atoms with van der Waals surface area (Å²) in [4.78, 5) is 12.5. The lowest BCUT2D eigenvalue weighted by molar-refractivity contribution is -0.134. The van der Waals surface area contributed by atoms with E-state index in [9.17, 15) is 4.79 Å². The van der Waals surface area contributed by atoms with Gasteiger partial charge in [-0.3, -0.25) is 4.79 Å². The molecule has 0 atom stereocenters. The summed E-state index contributed by atoms with van der Waals surface area (Å²) in [6, 6.07) is 12.7. The summed E-state index contributed by atoms with van der Waals surface area (Å²) in [5.74, 6) is 0.392. The Bertz CT molecular complexity index is 856. The lowest BCUT2D eigenvalue weighted by Gasteiger charge is -2.25. The summed E-state index contributed by atoms with van der Waals surface area (Å²) in [5, 5.41) is 7.79. The molecule has 2 heterocycles. The first-order valence-corrected chi connectivity index (χ1v) is 7.98. The molecule has 1 amide bonds. The Kier molecular flexibility index (Phi) is 4.44. The minimum Gasteiger partial charge on any atom is -0.478 e. The molecule has 0 radical (unpaired) electrons. The van der Waals surface area contributed by atoms with Crippen LogP contribution in [0, 0.1) is 0 Å². The van der Waals surface area contributed by atoms with Crippen LogP contribution in [0.5, 0.6) is 5.75 Å². The van der Waals surface area contributed by atoms with Crippen molar-refractivity contribution in [1.29, 1.82) is 0 Å². The molecule has 3 aromatic rings. The van der Waals surface area contributed by atoms with Crippen LogP contribution in [-0.2, 0) is 11.3 Å². The maximum Gasteiger partial charge on any atom is 0.263 e. The van der Waals surface area contributed by atoms with Crippen LogP contribution in [0.2, 0.25) is 5.02 Å². The fourth-order valence-corrected chi connectivity index (χ4v) is 2.48. The van der Waals surface area contributed by atoms with Crippen molar-refractivity contribution in [2.24, 2.45) is 0 Å². The predicted octanol–water partition coefficient (Wildman–Crippen LogP) is 3.46. The molecule has 0 aliphatic carbocycles. The average Bonchev–Trinajstić information content (AvgIpc) is 2.98. The lowest BCUT2D eigenvalue weighted by atomic mass is 10.1. The molecule has 0 aliphatic rings. The van der Waals surface area contributed by atoms with Crippen LogP contribution in [0.25, 0.3) is 5.52 Å². The number of fused-ring (bicyclic) bond motifs is 1. The number of carbonyl (C=O) groups is 1. The van der Waals surface area contributed by atoms with E-state index in [0.717, 1.165) is 11.1 Å². The lowest BCUT2D eigenvalue weighted by Crippen LogP contribution is -2.46. The first kappa shape index (κ1) is 16.3. The summed E-state index contributed by atoms with van der Waals surface area (Å²) in [6.45, 7) is 3.85. The van der Waals surface area contributed by atoms with Gasteiger partial charge in [0.25, 0.3) is 5.91 Å². The Balaban J connectivity index is 1.66. The van der Waals surface area contributed by atoms with E-state index in [-0.39, 0.29) is 5.91 Å². The SMILES string of the molecule is CC(C)(Oc1ccc(Cl)cc1)C(=O)NCc1cnn2ccccc12. The number of nitrogens with zero attached hydrogens (tertiary/aromatic N) is 2. The van der Waals surface area contributed by atoms with Gasteiger partial charge in [-0.1, -0.05) is 17.7 Å². The van der Waals surface area contributed by atoms with Gasteiger partial charge in [-0.25, -0.2) is 4.52 Å². The maximum absolute atomic E-state index is 12.5. The van der Waals surface area contributed by atoms with Crippen LogP contribution in [0.15, 0.2) is 54.9 Å². The molecule has 0 fully saturated rings. The second-order valence-corrected chi connectivity index (χ2v) is 6.39. The van der Waals surface area contributed by atoms with Crippen molar-refractivity contribution in [2.45, 2.75) is 26.0 Å². The van der Waals surface area contributed by atoms with Gasteiger partial charge in [0.1, 0.15) is 5.75 Å². The molecule has 3 rings (SSSR count). The molecule has 2 aromatic heterocycles. The topological polar surface area (TPSA) is 55.6 Å². The Morgan fingerprint density at radius 1 is 1.25 bits per heavy atom. The van der Waals surface area contributed by atoms with E-state index < -0.39 is 5.60 Å². The van der Waals surface area contributed by atoms with Crippen molar-refractivity contribution in [2.75, 3.05) is 0 Å². The Morgan fingerprint density at radius 3 is 2.75 bits per heavy atom. The van der Waals surface area contributed by atoms with Gasteiger partial charge in [-0.05, 0) is 50.2 Å². The summed E-state index contributed by atoms with van der Waals surface area (Å²) in [5.41, 5.74) is 0.914. The predicted molar refractivity (Wildman–Crippen MR) is 93.2 cm³/mol. The van der Waals surface area contributed by atoms with Gasteiger partial charge >= 0.3 is 0 Å². The van der Waals surface area contributed by atoms with Crippen LogP contribution >= 0.6 is 11.6 Å². The highest BCUT2D eigenvalue weighted by Crippen LogP contribution is 2.21. The highest BCUT2D eigenvalue weighted by Gasteiger charge is 2.29. The third kappa shape index (κ3) is 3.51. The second-order valence-electron chi connectivity index (χ2n) is 5.95. The zero-order valence-corrected chi connectivity index (χ0v) is 14.2. The molecule has 5 nitrogen and oxygen atoms in total. The summed E-state index contributed by atoms with van der Waals surface area (Å²) >= 11 is 5.86. The van der Waals surface area contributed by atoms with Gasteiger partial charge in [0.05, 0.1) is 11.7 Å². The molecule has 6 heteroatoms. The van der Waals surface area contributed by atoms with Gasteiger partial charge in [0, 0.05) is 23.3 Å². The monoisotopic (exact) mass is 343 g/mol. The van der Waals surface area contributed by atoms with Crippen molar-refractivity contribution in [3.8, 4) is 5.75 Å². The first-order chi connectivity index (χ1) is 11.5. The Hall–Kier alpha value is -2.53. The fraction of sp³-hybridized carbons (Fsp3) is 0.222. The van der Waals surface area contributed by atoms with E-state index in [1.54, 1.807) is 48.8 Å². The third-order valence-electron chi connectivity index (χ3n) is 3.68. The molecule has 0 aliphatic heterocycles. The number of amides is 1. The van der Waals surface area contributed by atoms with E-state index in [0.29, 0.717) is 17.3 Å². The van der Waals surface area contributed by atoms with Gasteiger partial charge < -0.3 is 10.1 Å². The highest BCUT2D eigenvalue weighted by molar-refractivity contribution is 6.30. The number of hydrogen-bond donors (Lipinski definition) is 1. The third-order valence-corrected chi connectivity index (χ3v) is 3.93. The van der Waals surface area contributed by atoms with Crippen molar-refractivity contribution in [1.82, 2.24) is 14.9 Å². The number of aromatic nitrogens is 2. The van der Waals surface area contributed by atoms with Crippen LogP contribution in [-0.4, -0.2) is 21.1 Å². The van der Waals surface area contributed by atoms with Crippen molar-refractivity contribution >= 4 is 23.0 Å². The van der Waals surface area contributed by atoms with E-state index in [4.69, 9.17) is 16.3 Å². The summed E-state index contributed by atoms with van der Waals surface area (Å²) < 4.78 is 7.56. The number of carbonyl (C=O) groups excluding carboxylic acids is 1. The van der Waals surface area contributed by atoms with Gasteiger partial charge in [-0.2, -0.15) is 5.10 Å². The largest absolute Gasteiger partial charge is 0.478 e. The molecule has 0 spiro atoms. The first-order valence-electron chi connectivity index (χ1n) is 7.60. The van der Waals surface area contributed by atoms with E-state index in [2.05, 4.69) is 10.4 Å². The molecule has 24 heavy (non-hydrogen) atoms. The molecule has 1 aromatic carbocycles. The molecule has 1 N–H and O–H groups in total. The number of halogens is 1. The average molecular weight is 344 g/mol. The molecule has 0 unspecified atom stereocenters. The standard InChI is InChI=1S/C18H18ClN3O2/c1-18(2,24-15-8-6-14(19)7-9-15)17(23)20-11-13-12-21-22-10-4-3-5-16(13)22/h3-10,12H,11H2,1-2H3,(H,20,23). The molecular formula is C18H18ClN3O2. The van der Waals surface area contributed by atoms with E-state index in [1.807, 2.05) is 24.4 Å². The van der Waals surface area contributed by atoms with Crippen molar-refractivity contribution in [3.05, 3.63) is 65.4 Å². The minimum absolute atomic E-state index is 0.201. The van der Waals surface area contributed by atoms with Crippen LogP contribution in [0.3, 0.4) is 0 Å². The normalized spacial score (nSPS) is 11.5. The summed E-state index contributed by atoms with van der Waals surface area (Å²) in [7, 11) is 0. The molecule has 0 saturated carbocycles. The van der Waals surface area contributed by atoms with Gasteiger partial charge in [0.2, 0.25) is 0 Å². The van der Waals surface area contributed by atoms with Crippen LogP contribution in [0.1, 0.15) is 19.4 Å². The van der Waals surface area contributed by atoms with E-state index >= 15 is 0 Å². The number of pyridine rings is 1. The Morgan fingerprint density at radius 2 is 2.00 bits per heavy atom. The second kappa shape index (κ2) is 6.53. The summed E-state index contributed by atoms with van der Waals surface area (Å²) in [6.07, 6.45) is 3.62. The Labute approximate surface area is 145 Å². The smallest absolute Gasteiger partial charge is 0.263 e. The van der Waals surface area contributed by atoms with Gasteiger partial charge in [-0.15, -0.1) is 0 Å². The molecule has 124 valence electrons. The van der Waals surface area contributed by atoms with Gasteiger partial charge in [0.15, 0.2) is 5.60 Å². The number of nitrogens with one attached hydrogen (secondary N) is 1. The molecule has 0 bridgehead atoms. The molecular weight excluding hydrogens is 326 g/mol.